The average Bonchev–Trinajstić information content (AvgIpc) is 2.66. The van der Waals surface area contributed by atoms with Crippen molar-refractivity contribution in [3.63, 3.8) is 0 Å². The molecule has 0 saturated carbocycles. The quantitative estimate of drug-likeness (QED) is 0.832. The fourth-order valence-corrected chi connectivity index (χ4v) is 3.20. The normalized spacial score (nSPS) is 19.0. The van der Waals surface area contributed by atoms with Crippen LogP contribution in [0.5, 0.6) is 11.6 Å². The van der Waals surface area contributed by atoms with Crippen LogP contribution in [0, 0.1) is 0 Å². The number of benzene rings is 1. The summed E-state index contributed by atoms with van der Waals surface area (Å²) in [4.78, 5) is 16.4. The first-order valence-corrected chi connectivity index (χ1v) is 8.36. The van der Waals surface area contributed by atoms with Crippen LogP contribution in [0.15, 0.2) is 29.1 Å². The number of nitrogens with zero attached hydrogens (tertiary/aromatic N) is 2. The van der Waals surface area contributed by atoms with Crippen molar-refractivity contribution in [2.24, 2.45) is 0 Å². The van der Waals surface area contributed by atoms with E-state index in [4.69, 9.17) is 18.9 Å². The van der Waals surface area contributed by atoms with Gasteiger partial charge in [-0.25, -0.2) is 4.79 Å². The van der Waals surface area contributed by atoms with E-state index in [1.54, 1.807) is 11.7 Å². The molecule has 132 valence electrons. The fraction of sp³-hybridized carbons (Fsp3) is 0.444. The van der Waals surface area contributed by atoms with Gasteiger partial charge in [0.15, 0.2) is 0 Å². The molecule has 1 aromatic heterocycles. The first-order valence-electron chi connectivity index (χ1n) is 8.36. The van der Waals surface area contributed by atoms with Gasteiger partial charge in [-0.2, -0.15) is 4.98 Å². The Kier molecular flexibility index (Phi) is 4.42. The third-order valence-electron chi connectivity index (χ3n) is 4.48. The van der Waals surface area contributed by atoms with Crippen molar-refractivity contribution in [2.75, 3.05) is 33.5 Å². The van der Waals surface area contributed by atoms with Gasteiger partial charge in [0.1, 0.15) is 18.5 Å². The Labute approximate surface area is 145 Å². The summed E-state index contributed by atoms with van der Waals surface area (Å²) < 4.78 is 23.6. The lowest BCUT2D eigenvalue weighted by Crippen LogP contribution is -2.34. The van der Waals surface area contributed by atoms with E-state index in [1.807, 2.05) is 24.3 Å². The topological polar surface area (TPSA) is 71.8 Å². The van der Waals surface area contributed by atoms with E-state index < -0.39 is 0 Å². The summed E-state index contributed by atoms with van der Waals surface area (Å²) in [7, 11) is 1.65. The Bertz CT molecular complexity index is 827. The molecule has 1 aromatic carbocycles. The first kappa shape index (κ1) is 16.1. The standard InChI is InChI=1S/C18H20N2O5/c1-22-13-2-3-15-12(8-13)4-5-20-16(15)9-17(19-18(20)21)25-11-14-10-23-6-7-24-14/h2-3,8-9,14H,4-7,10-11H2,1H3/t14-/m0/s1. The van der Waals surface area contributed by atoms with E-state index in [0.29, 0.717) is 38.9 Å². The van der Waals surface area contributed by atoms with Gasteiger partial charge in [-0.1, -0.05) is 0 Å². The summed E-state index contributed by atoms with van der Waals surface area (Å²) in [6.07, 6.45) is 0.639. The van der Waals surface area contributed by atoms with Gasteiger partial charge in [-0.3, -0.25) is 4.57 Å². The molecule has 0 amide bonds. The van der Waals surface area contributed by atoms with E-state index in [-0.39, 0.29) is 11.8 Å². The molecule has 0 radical (unpaired) electrons. The van der Waals surface area contributed by atoms with Crippen molar-refractivity contribution in [3.05, 3.63) is 40.3 Å². The monoisotopic (exact) mass is 344 g/mol. The fourth-order valence-electron chi connectivity index (χ4n) is 3.20. The van der Waals surface area contributed by atoms with Crippen LogP contribution in [0.2, 0.25) is 0 Å². The predicted octanol–water partition coefficient (Wildman–Crippen LogP) is 1.27. The third kappa shape index (κ3) is 3.25. The number of hydrogen-bond acceptors (Lipinski definition) is 6. The van der Waals surface area contributed by atoms with Gasteiger partial charge in [0.25, 0.3) is 0 Å². The molecule has 7 nitrogen and oxygen atoms in total. The lowest BCUT2D eigenvalue weighted by atomic mass is 9.97. The summed E-state index contributed by atoms with van der Waals surface area (Å²) in [5.74, 6) is 1.13. The number of aryl methyl sites for hydroxylation is 1. The highest BCUT2D eigenvalue weighted by molar-refractivity contribution is 5.67. The molecule has 4 rings (SSSR count). The van der Waals surface area contributed by atoms with Gasteiger partial charge in [0.05, 0.1) is 32.6 Å². The van der Waals surface area contributed by atoms with Gasteiger partial charge in [-0.15, -0.1) is 0 Å². The molecule has 0 unspecified atom stereocenters. The molecule has 0 aliphatic carbocycles. The number of aromatic nitrogens is 2. The number of hydrogen-bond donors (Lipinski definition) is 0. The van der Waals surface area contributed by atoms with E-state index in [0.717, 1.165) is 29.0 Å². The molecule has 25 heavy (non-hydrogen) atoms. The molecule has 0 spiro atoms. The van der Waals surface area contributed by atoms with E-state index >= 15 is 0 Å². The SMILES string of the molecule is COc1ccc2c(c1)CCn1c-2cc(OC[C@@H]2COCCO2)nc1=O. The molecule has 0 N–H and O–H groups in total. The minimum atomic E-state index is -0.296. The second-order valence-corrected chi connectivity index (χ2v) is 6.07. The largest absolute Gasteiger partial charge is 0.497 e. The number of rotatable bonds is 4. The Morgan fingerprint density at radius 3 is 3.04 bits per heavy atom. The van der Waals surface area contributed by atoms with Gasteiger partial charge < -0.3 is 18.9 Å². The van der Waals surface area contributed by atoms with Gasteiger partial charge in [-0.05, 0) is 30.2 Å². The smallest absolute Gasteiger partial charge is 0.351 e. The molecule has 1 atom stereocenters. The van der Waals surface area contributed by atoms with Crippen LogP contribution >= 0.6 is 0 Å². The molecule has 3 heterocycles. The van der Waals surface area contributed by atoms with Crippen molar-refractivity contribution in [2.45, 2.75) is 19.1 Å². The Morgan fingerprint density at radius 1 is 1.32 bits per heavy atom. The van der Waals surface area contributed by atoms with Crippen LogP contribution in [0.4, 0.5) is 0 Å². The number of methoxy groups -OCH3 is 1. The lowest BCUT2D eigenvalue weighted by molar-refractivity contribution is -0.102. The summed E-state index contributed by atoms with van der Waals surface area (Å²) in [5.41, 5.74) is 2.68. The van der Waals surface area contributed by atoms with Crippen LogP contribution < -0.4 is 15.2 Å². The summed E-state index contributed by atoms with van der Waals surface area (Å²) in [6, 6.07) is 7.70. The van der Waals surface area contributed by atoms with Crippen LogP contribution in [-0.2, 0) is 22.4 Å². The molecule has 2 aromatic rings. The highest BCUT2D eigenvalue weighted by Gasteiger charge is 2.21. The zero-order valence-electron chi connectivity index (χ0n) is 14.1. The van der Waals surface area contributed by atoms with E-state index in [1.165, 1.54) is 0 Å². The van der Waals surface area contributed by atoms with Crippen molar-refractivity contribution in [3.8, 4) is 22.9 Å². The molecular weight excluding hydrogens is 324 g/mol. The molecule has 0 bridgehead atoms. The lowest BCUT2D eigenvalue weighted by Gasteiger charge is -2.24. The Hall–Kier alpha value is -2.38. The van der Waals surface area contributed by atoms with Gasteiger partial charge >= 0.3 is 5.69 Å². The molecule has 2 aliphatic heterocycles. The zero-order chi connectivity index (χ0) is 17.2. The summed E-state index contributed by atoms with van der Waals surface area (Å²) >= 11 is 0. The zero-order valence-corrected chi connectivity index (χ0v) is 14.1. The van der Waals surface area contributed by atoms with Crippen molar-refractivity contribution < 1.29 is 18.9 Å². The van der Waals surface area contributed by atoms with Crippen molar-refractivity contribution >= 4 is 0 Å². The van der Waals surface area contributed by atoms with E-state index in [9.17, 15) is 4.79 Å². The first-order chi connectivity index (χ1) is 12.2. The summed E-state index contributed by atoms with van der Waals surface area (Å²) in [6.45, 7) is 2.57. The minimum Gasteiger partial charge on any atom is -0.497 e. The highest BCUT2D eigenvalue weighted by Crippen LogP contribution is 2.32. The van der Waals surface area contributed by atoms with Crippen molar-refractivity contribution in [1.29, 1.82) is 0 Å². The Balaban J connectivity index is 1.61. The minimum absolute atomic E-state index is 0.133. The predicted molar refractivity (Wildman–Crippen MR) is 90.2 cm³/mol. The Morgan fingerprint density at radius 2 is 2.24 bits per heavy atom. The van der Waals surface area contributed by atoms with Crippen LogP contribution in [0.25, 0.3) is 11.3 Å². The molecule has 1 saturated heterocycles. The maximum absolute atomic E-state index is 12.4. The molecule has 7 heteroatoms. The highest BCUT2D eigenvalue weighted by atomic mass is 16.6. The van der Waals surface area contributed by atoms with Gasteiger partial charge in [0, 0.05) is 18.2 Å². The number of ether oxygens (including phenoxy) is 4. The number of fused-ring (bicyclic) bond motifs is 3. The summed E-state index contributed by atoms with van der Waals surface area (Å²) in [5, 5.41) is 0. The van der Waals surface area contributed by atoms with Crippen LogP contribution in [-0.4, -0.2) is 49.2 Å². The third-order valence-corrected chi connectivity index (χ3v) is 4.48. The van der Waals surface area contributed by atoms with Crippen LogP contribution in [0.3, 0.4) is 0 Å². The molecule has 1 fully saturated rings. The second kappa shape index (κ2) is 6.85. The van der Waals surface area contributed by atoms with Crippen molar-refractivity contribution in [1.82, 2.24) is 9.55 Å². The molecule has 2 aliphatic rings. The van der Waals surface area contributed by atoms with Crippen LogP contribution in [0.1, 0.15) is 5.56 Å². The van der Waals surface area contributed by atoms with E-state index in [2.05, 4.69) is 4.98 Å². The maximum Gasteiger partial charge on any atom is 0.351 e. The maximum atomic E-state index is 12.4. The average molecular weight is 344 g/mol. The second-order valence-electron chi connectivity index (χ2n) is 6.07. The molecular formula is C18H20N2O5. The van der Waals surface area contributed by atoms with Gasteiger partial charge in [0.2, 0.25) is 5.88 Å².